The molecule has 2 heterocycles. The van der Waals surface area contributed by atoms with E-state index in [0.717, 1.165) is 41.9 Å². The van der Waals surface area contributed by atoms with Crippen LogP contribution in [0.15, 0.2) is 60.8 Å². The number of carboxylic acid groups (broad SMARTS) is 1. The van der Waals surface area contributed by atoms with E-state index in [1.54, 1.807) is 0 Å². The molecule has 4 rings (SSSR count). The van der Waals surface area contributed by atoms with Crippen molar-refractivity contribution in [2.45, 2.75) is 31.8 Å². The molecule has 1 aliphatic rings. The molecule has 0 bridgehead atoms. The van der Waals surface area contributed by atoms with Gasteiger partial charge in [-0.25, -0.2) is 4.68 Å². The van der Waals surface area contributed by atoms with Gasteiger partial charge in [0.25, 0.3) is 0 Å². The van der Waals surface area contributed by atoms with Crippen molar-refractivity contribution in [1.29, 1.82) is 0 Å². The van der Waals surface area contributed by atoms with Crippen molar-refractivity contribution in [2.24, 2.45) is 0 Å². The van der Waals surface area contributed by atoms with Crippen molar-refractivity contribution in [3.05, 3.63) is 71.4 Å². The van der Waals surface area contributed by atoms with Gasteiger partial charge in [0.2, 0.25) is 0 Å². The fourth-order valence-electron chi connectivity index (χ4n) is 3.77. The highest BCUT2D eigenvalue weighted by molar-refractivity contribution is 6.30. The molecule has 1 fully saturated rings. The summed E-state index contributed by atoms with van der Waals surface area (Å²) in [6.07, 6.45) is 4.68. The van der Waals surface area contributed by atoms with Crippen LogP contribution in [0, 0.1) is 0 Å². The summed E-state index contributed by atoms with van der Waals surface area (Å²) in [5.74, 6) is -0.747. The molecule has 29 heavy (non-hydrogen) atoms. The first-order valence-electron chi connectivity index (χ1n) is 9.48. The van der Waals surface area contributed by atoms with E-state index >= 15 is 0 Å². The van der Waals surface area contributed by atoms with Crippen LogP contribution < -0.4 is 0 Å². The highest BCUT2D eigenvalue weighted by atomic mass is 35.5. The molecule has 0 spiro atoms. The van der Waals surface area contributed by atoms with Gasteiger partial charge in [-0.05, 0) is 43.7 Å². The number of likely N-dealkylation sites (tertiary alicyclic amines) is 1. The summed E-state index contributed by atoms with van der Waals surface area (Å²) in [4.78, 5) is 13.8. The Morgan fingerprint density at radius 3 is 2.52 bits per heavy atom. The summed E-state index contributed by atoms with van der Waals surface area (Å²) in [6, 6.07) is 17.1. The van der Waals surface area contributed by atoms with E-state index in [9.17, 15) is 9.90 Å². The minimum absolute atomic E-state index is 0. The second-order valence-electron chi connectivity index (χ2n) is 7.11. The molecule has 0 saturated carbocycles. The van der Waals surface area contributed by atoms with Crippen LogP contribution in [0.3, 0.4) is 0 Å². The smallest absolute Gasteiger partial charge is 0.320 e. The van der Waals surface area contributed by atoms with Crippen LogP contribution in [0.4, 0.5) is 0 Å². The van der Waals surface area contributed by atoms with E-state index in [-0.39, 0.29) is 12.4 Å². The standard InChI is InChI=1S/C22H22ClN3O2.ClH/c23-18-11-9-16(10-12-18)21-17(14-25-13-5-4-8-20(25)22(27)28)15-26(24-21)19-6-2-1-3-7-19;/h1-3,6-7,9-12,15,20H,4-5,8,13-14H2,(H,27,28);1H. The van der Waals surface area contributed by atoms with Gasteiger partial charge in [0.05, 0.1) is 11.4 Å². The third-order valence-corrected chi connectivity index (χ3v) is 5.45. The van der Waals surface area contributed by atoms with Crippen molar-refractivity contribution in [3.8, 4) is 16.9 Å². The van der Waals surface area contributed by atoms with Gasteiger partial charge in [-0.3, -0.25) is 9.69 Å². The van der Waals surface area contributed by atoms with Crippen molar-refractivity contribution in [2.75, 3.05) is 6.54 Å². The second kappa shape index (κ2) is 9.44. The Morgan fingerprint density at radius 2 is 1.83 bits per heavy atom. The fraction of sp³-hybridized carbons (Fsp3) is 0.273. The zero-order chi connectivity index (χ0) is 19.5. The predicted octanol–water partition coefficient (Wildman–Crippen LogP) is 5.05. The molecular weight excluding hydrogens is 409 g/mol. The maximum atomic E-state index is 11.7. The van der Waals surface area contributed by atoms with Crippen LogP contribution in [0.25, 0.3) is 16.9 Å². The average molecular weight is 432 g/mol. The van der Waals surface area contributed by atoms with Gasteiger partial charge in [-0.2, -0.15) is 5.10 Å². The number of carboxylic acids is 1. The first kappa shape index (κ1) is 21.4. The molecule has 0 amide bonds. The van der Waals surface area contributed by atoms with Crippen LogP contribution in [-0.2, 0) is 11.3 Å². The fourth-order valence-corrected chi connectivity index (χ4v) is 3.89. The summed E-state index contributed by atoms with van der Waals surface area (Å²) in [7, 11) is 0. The molecule has 1 saturated heterocycles. The number of aliphatic carboxylic acids is 1. The minimum Gasteiger partial charge on any atom is -0.480 e. The lowest BCUT2D eigenvalue weighted by atomic mass is 10.0. The Hall–Kier alpha value is -2.34. The second-order valence-corrected chi connectivity index (χ2v) is 7.55. The Kier molecular flexibility index (Phi) is 6.96. The van der Waals surface area contributed by atoms with Gasteiger partial charge in [-0.1, -0.05) is 48.4 Å². The molecule has 1 atom stereocenters. The van der Waals surface area contributed by atoms with Crippen molar-refractivity contribution < 1.29 is 9.90 Å². The van der Waals surface area contributed by atoms with Gasteiger partial charge < -0.3 is 5.11 Å². The SMILES string of the molecule is Cl.O=C(O)C1CCCCN1Cc1cn(-c2ccccc2)nc1-c1ccc(Cl)cc1. The Morgan fingerprint density at radius 1 is 1.10 bits per heavy atom. The molecule has 0 radical (unpaired) electrons. The number of hydrogen-bond acceptors (Lipinski definition) is 3. The summed E-state index contributed by atoms with van der Waals surface area (Å²) in [5, 5.41) is 15.1. The lowest BCUT2D eigenvalue weighted by Crippen LogP contribution is -2.44. The third kappa shape index (κ3) is 4.81. The lowest BCUT2D eigenvalue weighted by Gasteiger charge is -2.32. The Balaban J connectivity index is 0.00000240. The van der Waals surface area contributed by atoms with E-state index in [2.05, 4.69) is 4.90 Å². The summed E-state index contributed by atoms with van der Waals surface area (Å²) >= 11 is 6.05. The molecule has 0 aliphatic carbocycles. The molecule has 3 aromatic rings. The first-order valence-corrected chi connectivity index (χ1v) is 9.86. The molecule has 1 aromatic heterocycles. The molecule has 1 aliphatic heterocycles. The Labute approximate surface area is 181 Å². The largest absolute Gasteiger partial charge is 0.480 e. The first-order chi connectivity index (χ1) is 13.6. The number of para-hydroxylation sites is 1. The molecule has 152 valence electrons. The molecule has 1 unspecified atom stereocenters. The van der Waals surface area contributed by atoms with Gasteiger partial charge >= 0.3 is 5.97 Å². The van der Waals surface area contributed by atoms with Crippen LogP contribution in [0.5, 0.6) is 0 Å². The number of nitrogens with zero attached hydrogens (tertiary/aromatic N) is 3. The topological polar surface area (TPSA) is 58.4 Å². The molecule has 5 nitrogen and oxygen atoms in total. The summed E-state index contributed by atoms with van der Waals surface area (Å²) in [6.45, 7) is 1.34. The van der Waals surface area contributed by atoms with E-state index < -0.39 is 12.0 Å². The van der Waals surface area contributed by atoms with Gasteiger partial charge in [0, 0.05) is 28.9 Å². The van der Waals surface area contributed by atoms with Crippen LogP contribution >= 0.6 is 24.0 Å². The zero-order valence-corrected chi connectivity index (χ0v) is 17.4. The third-order valence-electron chi connectivity index (χ3n) is 5.20. The highest BCUT2D eigenvalue weighted by Crippen LogP contribution is 2.28. The molecular formula is C22H23Cl2N3O2. The van der Waals surface area contributed by atoms with Crippen LogP contribution in [-0.4, -0.2) is 38.3 Å². The minimum atomic E-state index is -0.747. The molecule has 2 aromatic carbocycles. The maximum absolute atomic E-state index is 11.7. The number of benzene rings is 2. The lowest BCUT2D eigenvalue weighted by molar-refractivity contribution is -0.144. The number of hydrogen-bond donors (Lipinski definition) is 1. The van der Waals surface area contributed by atoms with Crippen molar-refractivity contribution in [1.82, 2.24) is 14.7 Å². The summed E-state index contributed by atoms with van der Waals surface area (Å²) < 4.78 is 1.86. The number of piperidine rings is 1. The highest BCUT2D eigenvalue weighted by Gasteiger charge is 2.29. The molecule has 7 heteroatoms. The van der Waals surface area contributed by atoms with Crippen molar-refractivity contribution in [3.63, 3.8) is 0 Å². The molecule has 1 N–H and O–H groups in total. The monoisotopic (exact) mass is 431 g/mol. The van der Waals surface area contributed by atoms with Gasteiger partial charge in [-0.15, -0.1) is 12.4 Å². The van der Waals surface area contributed by atoms with E-state index in [1.165, 1.54) is 0 Å². The number of carbonyl (C=O) groups is 1. The zero-order valence-electron chi connectivity index (χ0n) is 15.9. The quantitative estimate of drug-likeness (QED) is 0.613. The number of rotatable bonds is 5. The maximum Gasteiger partial charge on any atom is 0.320 e. The predicted molar refractivity (Wildman–Crippen MR) is 117 cm³/mol. The average Bonchev–Trinajstić information content (AvgIpc) is 3.13. The summed E-state index contributed by atoms with van der Waals surface area (Å²) in [5.41, 5.74) is 3.81. The number of aromatic nitrogens is 2. The van der Waals surface area contributed by atoms with Crippen LogP contribution in [0.1, 0.15) is 24.8 Å². The van der Waals surface area contributed by atoms with Gasteiger partial charge in [0.1, 0.15) is 6.04 Å². The van der Waals surface area contributed by atoms with E-state index in [4.69, 9.17) is 16.7 Å². The normalized spacial score (nSPS) is 16.9. The van der Waals surface area contributed by atoms with Crippen LogP contribution in [0.2, 0.25) is 5.02 Å². The van der Waals surface area contributed by atoms with E-state index in [1.807, 2.05) is 65.5 Å². The van der Waals surface area contributed by atoms with E-state index in [0.29, 0.717) is 18.0 Å². The number of halogens is 2. The van der Waals surface area contributed by atoms with Crippen molar-refractivity contribution >= 4 is 30.0 Å². The Bertz CT molecular complexity index is 958. The van der Waals surface area contributed by atoms with Gasteiger partial charge in [0.15, 0.2) is 0 Å².